The number of benzene rings is 1. The molecule has 0 radical (unpaired) electrons. The third kappa shape index (κ3) is 4.34. The van der Waals surface area contributed by atoms with Crippen molar-refractivity contribution in [3.8, 4) is 0 Å². The molecule has 6 N–H and O–H groups in total. The Hall–Kier alpha value is -3.90. The molecular weight excluding hydrogens is 397 g/mol. The van der Waals surface area contributed by atoms with E-state index in [4.69, 9.17) is 5.73 Å². The molecule has 1 aliphatic rings. The summed E-state index contributed by atoms with van der Waals surface area (Å²) in [6.07, 6.45) is -4.99. The average molecular weight is 410 g/mol. The number of hydrogen-bond acceptors (Lipinski definition) is 6. The lowest BCUT2D eigenvalue weighted by molar-refractivity contribution is -0.137. The number of H-pyrrole nitrogens is 1. The summed E-state index contributed by atoms with van der Waals surface area (Å²) < 4.78 is 38.5. The van der Waals surface area contributed by atoms with E-state index in [1.165, 1.54) is 6.07 Å². The fourth-order valence-electron chi connectivity index (χ4n) is 2.77. The van der Waals surface area contributed by atoms with Crippen LogP contribution in [0.2, 0.25) is 0 Å². The summed E-state index contributed by atoms with van der Waals surface area (Å²) in [5, 5.41) is 6.61. The number of amides is 4. The van der Waals surface area contributed by atoms with Crippen LogP contribution in [0, 0.1) is 0 Å². The van der Waals surface area contributed by atoms with Gasteiger partial charge in [-0.3, -0.25) is 24.7 Å². The number of nitrogens with one attached hydrogen (secondary N) is 4. The number of carbonyl (C=O) groups excluding carboxylic acids is 3. The molecule has 1 aromatic carbocycles. The largest absolute Gasteiger partial charge is 0.416 e. The number of aromatic amines is 1. The van der Waals surface area contributed by atoms with Gasteiger partial charge >= 0.3 is 12.2 Å². The van der Waals surface area contributed by atoms with Crippen molar-refractivity contribution in [3.05, 3.63) is 45.7 Å². The minimum Gasteiger partial charge on any atom is -0.351 e. The molecule has 152 valence electrons. The zero-order valence-electron chi connectivity index (χ0n) is 14.4. The summed E-state index contributed by atoms with van der Waals surface area (Å²) in [4.78, 5) is 53.5. The summed E-state index contributed by atoms with van der Waals surface area (Å²) in [6.45, 7) is 0. The molecule has 0 saturated heterocycles. The molecule has 0 fully saturated rings. The van der Waals surface area contributed by atoms with Gasteiger partial charge in [-0.25, -0.2) is 4.79 Å². The van der Waals surface area contributed by atoms with Crippen molar-refractivity contribution in [2.75, 3.05) is 10.6 Å². The van der Waals surface area contributed by atoms with Crippen LogP contribution in [0.4, 0.5) is 35.4 Å². The predicted molar refractivity (Wildman–Crippen MR) is 93.3 cm³/mol. The van der Waals surface area contributed by atoms with E-state index in [-0.39, 0.29) is 23.0 Å². The molecule has 0 spiro atoms. The van der Waals surface area contributed by atoms with Crippen LogP contribution in [0.5, 0.6) is 0 Å². The maximum atomic E-state index is 12.8. The molecule has 2 heterocycles. The van der Waals surface area contributed by atoms with Crippen molar-refractivity contribution in [3.63, 3.8) is 0 Å². The van der Waals surface area contributed by atoms with Crippen LogP contribution in [-0.2, 0) is 15.8 Å². The number of nitrogens with two attached hydrogens (primary N) is 1. The molecule has 29 heavy (non-hydrogen) atoms. The van der Waals surface area contributed by atoms with Gasteiger partial charge in [-0.2, -0.15) is 18.2 Å². The highest BCUT2D eigenvalue weighted by atomic mass is 19.4. The number of fused-ring (bicyclic) bond motifs is 1. The number of carbonyl (C=O) groups is 3. The molecule has 1 aromatic heterocycles. The Bertz CT molecular complexity index is 1070. The predicted octanol–water partition coefficient (Wildman–Crippen LogP) is 1.15. The zero-order valence-corrected chi connectivity index (χ0v) is 14.4. The van der Waals surface area contributed by atoms with E-state index in [2.05, 4.69) is 20.6 Å². The molecule has 1 aliphatic heterocycles. The first-order chi connectivity index (χ1) is 13.5. The second-order valence-corrected chi connectivity index (χ2v) is 6.04. The fraction of sp³-hybridized carbons (Fsp3) is 0.188. The minimum absolute atomic E-state index is 0.0203. The van der Waals surface area contributed by atoms with Crippen molar-refractivity contribution in [1.29, 1.82) is 0 Å². The van der Waals surface area contributed by atoms with Gasteiger partial charge in [0.1, 0.15) is 5.82 Å². The maximum Gasteiger partial charge on any atom is 0.416 e. The number of halogens is 3. The number of urea groups is 1. The Balaban J connectivity index is 1.95. The van der Waals surface area contributed by atoms with Gasteiger partial charge in [0, 0.05) is 12.1 Å². The number of primary amides is 1. The standard InChI is InChI=1S/C16H13F3N6O4/c17-16(18,19)6-2-1-3-7(4-6)21-15-23-11-10(13(28)25-15)8(5-9(26)22-11)12(27)24-14(20)29/h1-4,8H,5H2,(H3,20,24,27,29)(H3,21,22,23,25,26,28)/t8-/m1/s1. The molecule has 1 atom stereocenters. The van der Waals surface area contributed by atoms with E-state index in [1.54, 1.807) is 5.32 Å². The highest BCUT2D eigenvalue weighted by molar-refractivity contribution is 6.04. The van der Waals surface area contributed by atoms with E-state index in [9.17, 15) is 32.3 Å². The van der Waals surface area contributed by atoms with Gasteiger partial charge in [-0.05, 0) is 18.2 Å². The summed E-state index contributed by atoms with van der Waals surface area (Å²) in [6, 6.07) is 3.00. The Kier molecular flexibility index (Phi) is 4.97. The zero-order chi connectivity index (χ0) is 21.3. The average Bonchev–Trinajstić information content (AvgIpc) is 2.59. The van der Waals surface area contributed by atoms with Crippen LogP contribution in [0.25, 0.3) is 0 Å². The Morgan fingerprint density at radius 2 is 1.97 bits per heavy atom. The molecule has 0 bridgehead atoms. The maximum absolute atomic E-state index is 12.8. The number of aromatic nitrogens is 2. The normalized spacial score (nSPS) is 15.8. The lowest BCUT2D eigenvalue weighted by atomic mass is 9.92. The van der Waals surface area contributed by atoms with Gasteiger partial charge in [0.2, 0.25) is 17.8 Å². The highest BCUT2D eigenvalue weighted by Crippen LogP contribution is 2.32. The lowest BCUT2D eigenvalue weighted by Gasteiger charge is -2.23. The summed E-state index contributed by atoms with van der Waals surface area (Å²) in [5.74, 6) is -3.44. The molecule has 0 saturated carbocycles. The molecule has 0 unspecified atom stereocenters. The van der Waals surface area contributed by atoms with Gasteiger partial charge < -0.3 is 16.4 Å². The quantitative estimate of drug-likeness (QED) is 0.510. The van der Waals surface area contributed by atoms with Crippen molar-refractivity contribution in [1.82, 2.24) is 15.3 Å². The lowest BCUT2D eigenvalue weighted by Crippen LogP contribution is -2.43. The Morgan fingerprint density at radius 3 is 2.62 bits per heavy atom. The molecule has 13 heteroatoms. The summed E-state index contributed by atoms with van der Waals surface area (Å²) in [7, 11) is 0. The second-order valence-electron chi connectivity index (χ2n) is 6.04. The van der Waals surface area contributed by atoms with Crippen LogP contribution in [0.3, 0.4) is 0 Å². The van der Waals surface area contributed by atoms with Crippen molar-refractivity contribution < 1.29 is 27.6 Å². The SMILES string of the molecule is NC(=O)NC(=O)[C@@H]1CC(=O)Nc2nc(Nc3cccc(C(F)(F)F)c3)[nH]c(=O)c21. The van der Waals surface area contributed by atoms with E-state index < -0.39 is 47.5 Å². The van der Waals surface area contributed by atoms with E-state index in [1.807, 2.05) is 0 Å². The fourth-order valence-corrected chi connectivity index (χ4v) is 2.77. The van der Waals surface area contributed by atoms with E-state index in [0.717, 1.165) is 18.2 Å². The first kappa shape index (κ1) is 19.9. The van der Waals surface area contributed by atoms with Gasteiger partial charge in [0.15, 0.2) is 0 Å². The summed E-state index contributed by atoms with van der Waals surface area (Å²) >= 11 is 0. The monoisotopic (exact) mass is 410 g/mol. The molecule has 10 nitrogen and oxygen atoms in total. The van der Waals surface area contributed by atoms with Gasteiger partial charge in [-0.15, -0.1) is 0 Å². The number of rotatable bonds is 3. The second kappa shape index (κ2) is 7.26. The van der Waals surface area contributed by atoms with Crippen LogP contribution < -0.4 is 27.2 Å². The van der Waals surface area contributed by atoms with Crippen LogP contribution in [0.1, 0.15) is 23.5 Å². The molecule has 3 rings (SSSR count). The van der Waals surface area contributed by atoms with Gasteiger partial charge in [0.25, 0.3) is 5.56 Å². The van der Waals surface area contributed by atoms with Crippen molar-refractivity contribution >= 4 is 35.3 Å². The van der Waals surface area contributed by atoms with E-state index >= 15 is 0 Å². The molecule has 4 amide bonds. The third-order valence-electron chi connectivity index (χ3n) is 3.97. The smallest absolute Gasteiger partial charge is 0.351 e. The first-order valence-corrected chi connectivity index (χ1v) is 8.03. The first-order valence-electron chi connectivity index (χ1n) is 8.03. The van der Waals surface area contributed by atoms with Gasteiger partial charge in [0.05, 0.1) is 17.0 Å². The van der Waals surface area contributed by atoms with Crippen LogP contribution in [0.15, 0.2) is 29.1 Å². The molecule has 0 aliphatic carbocycles. The number of hydrogen-bond donors (Lipinski definition) is 5. The number of imide groups is 1. The van der Waals surface area contributed by atoms with Crippen molar-refractivity contribution in [2.24, 2.45) is 5.73 Å². The minimum atomic E-state index is -4.57. The topological polar surface area (TPSA) is 159 Å². The van der Waals surface area contributed by atoms with E-state index in [0.29, 0.717) is 0 Å². The number of anilines is 3. The third-order valence-corrected chi connectivity index (χ3v) is 3.97. The van der Waals surface area contributed by atoms with Gasteiger partial charge in [-0.1, -0.05) is 6.07 Å². The number of nitrogens with zero attached hydrogens (tertiary/aromatic N) is 1. The Morgan fingerprint density at radius 1 is 1.24 bits per heavy atom. The van der Waals surface area contributed by atoms with Crippen LogP contribution >= 0.6 is 0 Å². The number of alkyl halides is 3. The highest BCUT2D eigenvalue weighted by Gasteiger charge is 2.35. The molecular formula is C16H13F3N6O4. The molecule has 2 aromatic rings. The summed E-state index contributed by atoms with van der Waals surface area (Å²) in [5.41, 5.74) is 2.91. The van der Waals surface area contributed by atoms with Crippen LogP contribution in [-0.4, -0.2) is 27.8 Å². The Labute approximate surface area is 159 Å². The van der Waals surface area contributed by atoms with Crippen molar-refractivity contribution in [2.45, 2.75) is 18.5 Å².